The van der Waals surface area contributed by atoms with Crippen LogP contribution < -0.4 is 10.6 Å². The molecule has 0 saturated heterocycles. The van der Waals surface area contributed by atoms with E-state index in [2.05, 4.69) is 36.6 Å². The van der Waals surface area contributed by atoms with E-state index in [1.807, 2.05) is 14.1 Å². The largest absolute Gasteiger partial charge is 0.378 e. The van der Waals surface area contributed by atoms with Crippen LogP contribution in [0, 0.1) is 6.92 Å². The third-order valence-corrected chi connectivity index (χ3v) is 2.39. The summed E-state index contributed by atoms with van der Waals surface area (Å²) in [4.78, 5) is 2.07. The van der Waals surface area contributed by atoms with Gasteiger partial charge in [-0.15, -0.1) is 6.58 Å². The predicted molar refractivity (Wildman–Crippen MR) is 62.6 cm³/mol. The zero-order valence-electron chi connectivity index (χ0n) is 9.12. The first kappa shape index (κ1) is 10.8. The van der Waals surface area contributed by atoms with Gasteiger partial charge in [0.1, 0.15) is 0 Å². The number of benzene rings is 1. The van der Waals surface area contributed by atoms with Crippen LogP contribution in [0.3, 0.4) is 0 Å². The van der Waals surface area contributed by atoms with Crippen LogP contribution >= 0.6 is 0 Å². The third-order valence-electron chi connectivity index (χ3n) is 2.39. The summed E-state index contributed by atoms with van der Waals surface area (Å²) < 4.78 is 0. The minimum Gasteiger partial charge on any atom is -0.378 e. The van der Waals surface area contributed by atoms with Gasteiger partial charge in [-0.25, -0.2) is 0 Å². The Kier molecular flexibility index (Phi) is 3.31. The SMILES string of the molecule is C=C[C@@H](N)c1cc(N(C)C)ccc1C. The lowest BCUT2D eigenvalue weighted by atomic mass is 10.0. The molecule has 0 radical (unpaired) electrons. The molecule has 1 aromatic rings. The normalized spacial score (nSPS) is 12.3. The first-order valence-corrected chi connectivity index (χ1v) is 4.72. The molecular formula is C12H18N2. The van der Waals surface area contributed by atoms with Gasteiger partial charge in [0.05, 0.1) is 0 Å². The summed E-state index contributed by atoms with van der Waals surface area (Å²) in [7, 11) is 4.04. The van der Waals surface area contributed by atoms with Crippen molar-refractivity contribution in [2.45, 2.75) is 13.0 Å². The molecule has 1 rings (SSSR count). The van der Waals surface area contributed by atoms with E-state index >= 15 is 0 Å². The summed E-state index contributed by atoms with van der Waals surface area (Å²) in [5, 5.41) is 0. The predicted octanol–water partition coefficient (Wildman–Crippen LogP) is 2.25. The number of rotatable bonds is 3. The standard InChI is InChI=1S/C12H18N2/c1-5-12(13)11-8-10(14(3)4)7-6-9(11)2/h5-8,12H,1,13H2,2-4H3/t12-/m1/s1. The van der Waals surface area contributed by atoms with Gasteiger partial charge < -0.3 is 10.6 Å². The second-order valence-electron chi connectivity index (χ2n) is 3.70. The Morgan fingerprint density at radius 1 is 1.43 bits per heavy atom. The van der Waals surface area contributed by atoms with E-state index < -0.39 is 0 Å². The second kappa shape index (κ2) is 4.29. The highest BCUT2D eigenvalue weighted by atomic mass is 15.1. The van der Waals surface area contributed by atoms with E-state index in [4.69, 9.17) is 5.73 Å². The Morgan fingerprint density at radius 3 is 2.57 bits per heavy atom. The molecule has 2 N–H and O–H groups in total. The van der Waals surface area contributed by atoms with Crippen molar-refractivity contribution in [3.63, 3.8) is 0 Å². The highest BCUT2D eigenvalue weighted by Gasteiger charge is 2.06. The highest BCUT2D eigenvalue weighted by Crippen LogP contribution is 2.22. The van der Waals surface area contributed by atoms with E-state index in [9.17, 15) is 0 Å². The lowest BCUT2D eigenvalue weighted by molar-refractivity contribution is 0.900. The van der Waals surface area contributed by atoms with Gasteiger partial charge >= 0.3 is 0 Å². The summed E-state index contributed by atoms with van der Waals surface area (Å²) >= 11 is 0. The van der Waals surface area contributed by atoms with Crippen molar-refractivity contribution >= 4 is 5.69 Å². The van der Waals surface area contributed by atoms with E-state index in [0.29, 0.717) is 0 Å². The molecule has 0 bridgehead atoms. The number of anilines is 1. The monoisotopic (exact) mass is 190 g/mol. The number of hydrogen-bond acceptors (Lipinski definition) is 2. The summed E-state index contributed by atoms with van der Waals surface area (Å²) in [6.07, 6.45) is 1.77. The van der Waals surface area contributed by atoms with Crippen molar-refractivity contribution in [1.29, 1.82) is 0 Å². The molecule has 0 spiro atoms. The van der Waals surface area contributed by atoms with Crippen molar-refractivity contribution < 1.29 is 0 Å². The number of nitrogens with two attached hydrogens (primary N) is 1. The average molecular weight is 190 g/mol. The first-order valence-electron chi connectivity index (χ1n) is 4.72. The molecule has 0 saturated carbocycles. The Hall–Kier alpha value is -1.28. The fraction of sp³-hybridized carbons (Fsp3) is 0.333. The molecule has 0 heterocycles. The van der Waals surface area contributed by atoms with Crippen molar-refractivity contribution in [2.24, 2.45) is 5.73 Å². The molecule has 0 unspecified atom stereocenters. The van der Waals surface area contributed by atoms with Gasteiger partial charge in [-0.1, -0.05) is 12.1 Å². The van der Waals surface area contributed by atoms with E-state index in [-0.39, 0.29) is 6.04 Å². The molecule has 0 fully saturated rings. The third kappa shape index (κ3) is 2.15. The zero-order valence-corrected chi connectivity index (χ0v) is 9.12. The lowest BCUT2D eigenvalue weighted by Gasteiger charge is -2.17. The van der Waals surface area contributed by atoms with Crippen LogP contribution in [0.15, 0.2) is 30.9 Å². The van der Waals surface area contributed by atoms with Gasteiger partial charge in [0.2, 0.25) is 0 Å². The molecule has 14 heavy (non-hydrogen) atoms. The number of aryl methyl sites for hydroxylation is 1. The van der Waals surface area contributed by atoms with Gasteiger partial charge in [-0.05, 0) is 30.2 Å². The fourth-order valence-corrected chi connectivity index (χ4v) is 1.39. The Morgan fingerprint density at radius 2 is 2.07 bits per heavy atom. The molecule has 0 amide bonds. The Labute approximate surface area is 86.0 Å². The zero-order chi connectivity index (χ0) is 10.7. The maximum atomic E-state index is 5.93. The van der Waals surface area contributed by atoms with E-state index in [1.54, 1.807) is 6.08 Å². The summed E-state index contributed by atoms with van der Waals surface area (Å²) in [5.74, 6) is 0. The van der Waals surface area contributed by atoms with Crippen molar-refractivity contribution in [2.75, 3.05) is 19.0 Å². The number of nitrogens with zero attached hydrogens (tertiary/aromatic N) is 1. The summed E-state index contributed by atoms with van der Waals surface area (Å²) in [5.41, 5.74) is 9.45. The topological polar surface area (TPSA) is 29.3 Å². The van der Waals surface area contributed by atoms with Crippen LogP contribution in [-0.2, 0) is 0 Å². The molecule has 2 heteroatoms. The molecule has 1 atom stereocenters. The minimum absolute atomic E-state index is 0.0742. The average Bonchev–Trinajstić information content (AvgIpc) is 2.17. The van der Waals surface area contributed by atoms with Crippen LogP contribution in [0.4, 0.5) is 5.69 Å². The molecule has 0 aromatic heterocycles. The van der Waals surface area contributed by atoms with Gasteiger partial charge in [0, 0.05) is 25.8 Å². The second-order valence-corrected chi connectivity index (χ2v) is 3.70. The first-order chi connectivity index (χ1) is 6.56. The fourth-order valence-electron chi connectivity index (χ4n) is 1.39. The van der Waals surface area contributed by atoms with Crippen LogP contribution in [-0.4, -0.2) is 14.1 Å². The summed E-state index contributed by atoms with van der Waals surface area (Å²) in [6, 6.07) is 6.22. The molecular weight excluding hydrogens is 172 g/mol. The molecule has 76 valence electrons. The van der Waals surface area contributed by atoms with Crippen molar-refractivity contribution in [3.05, 3.63) is 42.0 Å². The highest BCUT2D eigenvalue weighted by molar-refractivity contribution is 5.51. The smallest absolute Gasteiger partial charge is 0.0481 e. The van der Waals surface area contributed by atoms with Crippen LogP contribution in [0.1, 0.15) is 17.2 Å². The molecule has 2 nitrogen and oxygen atoms in total. The van der Waals surface area contributed by atoms with E-state index in [1.165, 1.54) is 11.3 Å². The van der Waals surface area contributed by atoms with Crippen molar-refractivity contribution in [1.82, 2.24) is 0 Å². The number of hydrogen-bond donors (Lipinski definition) is 1. The summed E-state index contributed by atoms with van der Waals surface area (Å²) in [6.45, 7) is 5.78. The molecule has 0 aliphatic heterocycles. The lowest BCUT2D eigenvalue weighted by Crippen LogP contribution is -2.12. The van der Waals surface area contributed by atoms with E-state index in [0.717, 1.165) is 5.56 Å². The van der Waals surface area contributed by atoms with Crippen molar-refractivity contribution in [3.8, 4) is 0 Å². The van der Waals surface area contributed by atoms with Gasteiger partial charge in [-0.3, -0.25) is 0 Å². The quantitative estimate of drug-likeness (QED) is 0.741. The molecule has 0 aliphatic carbocycles. The van der Waals surface area contributed by atoms with Gasteiger partial charge in [-0.2, -0.15) is 0 Å². The minimum atomic E-state index is -0.0742. The van der Waals surface area contributed by atoms with Crippen LogP contribution in [0.5, 0.6) is 0 Å². The van der Waals surface area contributed by atoms with Crippen LogP contribution in [0.25, 0.3) is 0 Å². The van der Waals surface area contributed by atoms with Gasteiger partial charge in [0.25, 0.3) is 0 Å². The van der Waals surface area contributed by atoms with Gasteiger partial charge in [0.15, 0.2) is 0 Å². The maximum Gasteiger partial charge on any atom is 0.0481 e. The maximum absolute atomic E-state index is 5.93. The Bertz CT molecular complexity index is 329. The van der Waals surface area contributed by atoms with Crippen LogP contribution in [0.2, 0.25) is 0 Å². The molecule has 0 aliphatic rings. The Balaban J connectivity index is 3.14. The molecule has 1 aromatic carbocycles.